The summed E-state index contributed by atoms with van der Waals surface area (Å²) in [6.07, 6.45) is 11.5. The van der Waals surface area contributed by atoms with Crippen LogP contribution in [0.5, 0.6) is 0 Å². The zero-order valence-corrected chi connectivity index (χ0v) is 14.5. The van der Waals surface area contributed by atoms with E-state index in [1.165, 1.54) is 43.9 Å². The molecular weight excluding hydrogens is 322 g/mol. The van der Waals surface area contributed by atoms with Crippen molar-refractivity contribution < 1.29 is 4.79 Å². The highest BCUT2D eigenvalue weighted by atomic mass is 32.2. The number of nitrogens with zero attached hydrogens (tertiary/aromatic N) is 5. The number of likely N-dealkylation sites (tertiary alicyclic amines) is 1. The molecule has 1 aromatic rings. The van der Waals surface area contributed by atoms with Gasteiger partial charge in [0.1, 0.15) is 0 Å². The van der Waals surface area contributed by atoms with Gasteiger partial charge in [-0.25, -0.2) is 9.97 Å². The number of amidine groups is 1. The van der Waals surface area contributed by atoms with Gasteiger partial charge in [0.2, 0.25) is 5.95 Å². The molecule has 4 rings (SSSR count). The second kappa shape index (κ2) is 6.93. The number of aliphatic imine (C=N–C) groups is 1. The summed E-state index contributed by atoms with van der Waals surface area (Å²) in [6, 6.07) is 0. The van der Waals surface area contributed by atoms with Gasteiger partial charge in [-0.2, -0.15) is 4.99 Å². The number of piperidine rings is 1. The minimum Gasteiger partial charge on any atom is -0.351 e. The van der Waals surface area contributed by atoms with Crippen LogP contribution in [0.4, 0.5) is 5.95 Å². The van der Waals surface area contributed by atoms with Gasteiger partial charge >= 0.3 is 0 Å². The molecule has 1 amide bonds. The molecule has 0 saturated carbocycles. The van der Waals surface area contributed by atoms with E-state index in [1.54, 1.807) is 12.4 Å². The van der Waals surface area contributed by atoms with E-state index < -0.39 is 0 Å². The molecule has 0 unspecified atom stereocenters. The van der Waals surface area contributed by atoms with Crippen molar-refractivity contribution in [1.29, 1.82) is 0 Å². The number of carbonyl (C=O) groups excluding carboxylic acids is 1. The molecule has 0 radical (unpaired) electrons. The van der Waals surface area contributed by atoms with Crippen LogP contribution in [0.2, 0.25) is 0 Å². The molecule has 0 N–H and O–H groups in total. The van der Waals surface area contributed by atoms with Crippen LogP contribution < -0.4 is 4.90 Å². The minimum atomic E-state index is -0.149. The van der Waals surface area contributed by atoms with Crippen molar-refractivity contribution >= 4 is 34.9 Å². The van der Waals surface area contributed by atoms with Gasteiger partial charge in [0, 0.05) is 44.1 Å². The maximum absolute atomic E-state index is 12.2. The van der Waals surface area contributed by atoms with Gasteiger partial charge in [-0.15, -0.1) is 0 Å². The number of amides is 1. The number of hydrogen-bond acceptors (Lipinski definition) is 6. The van der Waals surface area contributed by atoms with Crippen LogP contribution in [-0.4, -0.2) is 52.1 Å². The van der Waals surface area contributed by atoms with Gasteiger partial charge in [0.15, 0.2) is 5.17 Å². The summed E-state index contributed by atoms with van der Waals surface area (Å²) in [7, 11) is 0. The predicted molar refractivity (Wildman–Crippen MR) is 96.9 cm³/mol. The molecule has 7 heteroatoms. The maximum atomic E-state index is 12.2. The number of aromatic nitrogens is 2. The lowest BCUT2D eigenvalue weighted by molar-refractivity contribution is -0.113. The first kappa shape index (κ1) is 15.6. The Morgan fingerprint density at radius 2 is 1.54 bits per heavy atom. The van der Waals surface area contributed by atoms with Crippen molar-refractivity contribution in [2.75, 3.05) is 31.1 Å². The molecule has 3 aliphatic heterocycles. The molecule has 4 heterocycles. The van der Waals surface area contributed by atoms with Crippen molar-refractivity contribution in [3.8, 4) is 0 Å². The lowest BCUT2D eigenvalue weighted by Gasteiger charge is -2.27. The Balaban J connectivity index is 1.44. The van der Waals surface area contributed by atoms with E-state index in [0.29, 0.717) is 4.91 Å². The van der Waals surface area contributed by atoms with Gasteiger partial charge < -0.3 is 9.80 Å². The summed E-state index contributed by atoms with van der Waals surface area (Å²) in [5.74, 6) is 0.634. The molecule has 0 spiro atoms. The first-order valence-electron chi connectivity index (χ1n) is 8.64. The van der Waals surface area contributed by atoms with Crippen LogP contribution in [0.3, 0.4) is 0 Å². The summed E-state index contributed by atoms with van der Waals surface area (Å²) < 4.78 is 0. The second-order valence-electron chi connectivity index (χ2n) is 6.37. The van der Waals surface area contributed by atoms with Crippen LogP contribution in [-0.2, 0) is 4.79 Å². The highest BCUT2D eigenvalue weighted by molar-refractivity contribution is 8.18. The molecule has 0 atom stereocenters. The van der Waals surface area contributed by atoms with Crippen LogP contribution >= 0.6 is 11.8 Å². The molecule has 24 heavy (non-hydrogen) atoms. The first-order valence-corrected chi connectivity index (χ1v) is 9.46. The second-order valence-corrected chi connectivity index (χ2v) is 7.38. The Morgan fingerprint density at radius 3 is 2.25 bits per heavy atom. The smallest absolute Gasteiger partial charge is 0.286 e. The third-order valence-electron chi connectivity index (χ3n) is 4.58. The molecule has 2 saturated heterocycles. The Bertz CT molecular complexity index is 673. The largest absolute Gasteiger partial charge is 0.351 e. The molecular formula is C17H21N5OS. The van der Waals surface area contributed by atoms with Gasteiger partial charge in [0.05, 0.1) is 4.91 Å². The van der Waals surface area contributed by atoms with Gasteiger partial charge in [0.25, 0.3) is 5.91 Å². The van der Waals surface area contributed by atoms with E-state index >= 15 is 0 Å². The number of rotatable bonds is 2. The molecule has 1 aromatic heterocycles. The third kappa shape index (κ3) is 3.31. The topological polar surface area (TPSA) is 61.7 Å². The Kier molecular flexibility index (Phi) is 4.51. The fourth-order valence-corrected chi connectivity index (χ4v) is 4.22. The summed E-state index contributed by atoms with van der Waals surface area (Å²) in [5.41, 5.74) is 0.851. The molecule has 0 aromatic carbocycles. The zero-order chi connectivity index (χ0) is 16.4. The number of carbonyl (C=O) groups is 1. The average molecular weight is 343 g/mol. The molecule has 3 aliphatic rings. The SMILES string of the molecule is O=C1N=C(N2CCCCC2)S/C1=C\c1cnc(N2CCCC2)nc1. The fourth-order valence-electron chi connectivity index (χ4n) is 3.26. The van der Waals surface area contributed by atoms with Crippen LogP contribution in [0.1, 0.15) is 37.7 Å². The van der Waals surface area contributed by atoms with Gasteiger partial charge in [-0.05, 0) is 49.9 Å². The summed E-state index contributed by atoms with van der Waals surface area (Å²) in [4.78, 5) is 30.3. The monoisotopic (exact) mass is 343 g/mol. The van der Waals surface area contributed by atoms with E-state index in [4.69, 9.17) is 0 Å². The van der Waals surface area contributed by atoms with E-state index in [9.17, 15) is 4.79 Å². The quantitative estimate of drug-likeness (QED) is 0.769. The van der Waals surface area contributed by atoms with Gasteiger partial charge in [-0.3, -0.25) is 4.79 Å². The van der Waals surface area contributed by atoms with E-state index in [0.717, 1.165) is 42.9 Å². The van der Waals surface area contributed by atoms with Crippen molar-refractivity contribution in [2.45, 2.75) is 32.1 Å². The summed E-state index contributed by atoms with van der Waals surface area (Å²) >= 11 is 1.47. The van der Waals surface area contributed by atoms with Crippen molar-refractivity contribution in [1.82, 2.24) is 14.9 Å². The summed E-state index contributed by atoms with van der Waals surface area (Å²) in [5, 5.41) is 0.848. The fraction of sp³-hybridized carbons (Fsp3) is 0.529. The Labute approximate surface area is 146 Å². The van der Waals surface area contributed by atoms with Crippen LogP contribution in [0.25, 0.3) is 6.08 Å². The molecule has 0 bridgehead atoms. The molecule has 2 fully saturated rings. The van der Waals surface area contributed by atoms with E-state index in [1.807, 2.05) is 6.08 Å². The Hall–Kier alpha value is -1.89. The highest BCUT2D eigenvalue weighted by Crippen LogP contribution is 2.31. The predicted octanol–water partition coefficient (Wildman–Crippen LogP) is 2.53. The molecule has 6 nitrogen and oxygen atoms in total. The van der Waals surface area contributed by atoms with E-state index in [-0.39, 0.29) is 5.91 Å². The van der Waals surface area contributed by atoms with Crippen molar-refractivity contribution in [3.05, 3.63) is 22.9 Å². The number of thioether (sulfide) groups is 1. The minimum absolute atomic E-state index is 0.149. The lowest BCUT2D eigenvalue weighted by Crippen LogP contribution is -2.33. The number of hydrogen-bond donors (Lipinski definition) is 0. The molecule has 0 aliphatic carbocycles. The third-order valence-corrected chi connectivity index (χ3v) is 5.63. The zero-order valence-electron chi connectivity index (χ0n) is 13.6. The van der Waals surface area contributed by atoms with Gasteiger partial charge in [-0.1, -0.05) is 0 Å². The summed E-state index contributed by atoms with van der Waals surface area (Å²) in [6.45, 7) is 4.06. The Morgan fingerprint density at radius 1 is 0.917 bits per heavy atom. The maximum Gasteiger partial charge on any atom is 0.286 e. The standard InChI is InChI=1S/C17H21N5OS/c23-15-14(24-17(20-15)22-8-2-1-3-9-22)10-13-11-18-16(19-12-13)21-6-4-5-7-21/h10-12H,1-9H2/b14-10-. The normalized spacial score (nSPS) is 23.2. The van der Waals surface area contributed by atoms with Crippen molar-refractivity contribution in [2.24, 2.45) is 4.99 Å². The van der Waals surface area contributed by atoms with Crippen LogP contribution in [0.15, 0.2) is 22.3 Å². The number of anilines is 1. The lowest BCUT2D eigenvalue weighted by atomic mass is 10.1. The average Bonchev–Trinajstić information content (AvgIpc) is 3.27. The van der Waals surface area contributed by atoms with E-state index in [2.05, 4.69) is 24.8 Å². The highest BCUT2D eigenvalue weighted by Gasteiger charge is 2.27. The molecule has 126 valence electrons. The van der Waals surface area contributed by atoms with Crippen molar-refractivity contribution in [3.63, 3.8) is 0 Å². The first-order chi connectivity index (χ1) is 11.8. The van der Waals surface area contributed by atoms with Crippen LogP contribution in [0, 0.1) is 0 Å².